The maximum Gasteiger partial charge on any atom is 0.436 e. The van der Waals surface area contributed by atoms with E-state index < -0.39 is 28.8 Å². The van der Waals surface area contributed by atoms with Crippen molar-refractivity contribution in [3.8, 4) is 17.0 Å². The molecule has 36 heavy (non-hydrogen) atoms. The summed E-state index contributed by atoms with van der Waals surface area (Å²) in [5, 5.41) is 3.53. The molecule has 0 aliphatic carbocycles. The van der Waals surface area contributed by atoms with E-state index in [1.54, 1.807) is 6.07 Å². The lowest BCUT2D eigenvalue weighted by Crippen LogP contribution is -2.52. The van der Waals surface area contributed by atoms with Crippen LogP contribution in [0.2, 0.25) is 10.0 Å². The van der Waals surface area contributed by atoms with Crippen molar-refractivity contribution in [2.75, 3.05) is 38.2 Å². The van der Waals surface area contributed by atoms with Crippen LogP contribution in [0.25, 0.3) is 11.3 Å². The molecule has 1 aliphatic rings. The second-order valence-electron chi connectivity index (χ2n) is 8.25. The normalized spacial score (nSPS) is 15.7. The van der Waals surface area contributed by atoms with Crippen LogP contribution in [0.5, 0.6) is 5.75 Å². The molecule has 192 valence electrons. The Morgan fingerprint density at radius 2 is 1.83 bits per heavy atom. The quantitative estimate of drug-likeness (QED) is 0.294. The van der Waals surface area contributed by atoms with Gasteiger partial charge in [-0.05, 0) is 24.3 Å². The average Bonchev–Trinajstić information content (AvgIpc) is 3.19. The van der Waals surface area contributed by atoms with Crippen molar-refractivity contribution in [3.63, 3.8) is 0 Å². The molecule has 0 spiro atoms. The van der Waals surface area contributed by atoms with Gasteiger partial charge in [-0.3, -0.25) is 9.58 Å². The fraction of sp³-hybridized carbons (Fsp3) is 0.333. The summed E-state index contributed by atoms with van der Waals surface area (Å²) >= 11 is 12.2. The summed E-state index contributed by atoms with van der Waals surface area (Å²) in [7, 11) is 1.53. The lowest BCUT2D eigenvalue weighted by Gasteiger charge is -2.38. The topological polar surface area (TPSA) is 50.6 Å². The Morgan fingerprint density at radius 1 is 1.11 bits per heavy atom. The van der Waals surface area contributed by atoms with Crippen LogP contribution in [0.1, 0.15) is 5.69 Å². The largest absolute Gasteiger partial charge is 0.495 e. The van der Waals surface area contributed by atoms with E-state index in [9.17, 15) is 22.4 Å². The molecule has 1 aromatic heterocycles. The minimum Gasteiger partial charge on any atom is -0.495 e. The number of aldehydes is 1. The molecular formula is C24H22Cl2F4N4O2. The summed E-state index contributed by atoms with van der Waals surface area (Å²) in [5.74, 6) is -0.0879. The van der Waals surface area contributed by atoms with Gasteiger partial charge in [0, 0.05) is 43.5 Å². The molecule has 0 bridgehead atoms. The number of hydrogen-bond acceptors (Lipinski definition) is 5. The van der Waals surface area contributed by atoms with E-state index in [2.05, 4.69) is 10.00 Å². The Morgan fingerprint density at radius 3 is 2.44 bits per heavy atom. The monoisotopic (exact) mass is 544 g/mol. The van der Waals surface area contributed by atoms with E-state index in [1.807, 2.05) is 17.0 Å². The minimum absolute atomic E-state index is 0.0952. The minimum atomic E-state index is -4.81. The third-order valence-electron chi connectivity index (χ3n) is 6.06. The van der Waals surface area contributed by atoms with Gasteiger partial charge in [-0.25, -0.2) is 4.39 Å². The third kappa shape index (κ3) is 5.45. The molecule has 3 aromatic rings. The van der Waals surface area contributed by atoms with Gasteiger partial charge in [0.1, 0.15) is 17.9 Å². The number of rotatable bonds is 7. The fourth-order valence-electron chi connectivity index (χ4n) is 4.24. The van der Waals surface area contributed by atoms with E-state index in [4.69, 9.17) is 27.9 Å². The molecule has 0 radical (unpaired) electrons. The highest BCUT2D eigenvalue weighted by Crippen LogP contribution is 2.40. The molecule has 1 aliphatic heterocycles. The predicted molar refractivity (Wildman–Crippen MR) is 129 cm³/mol. The average molecular weight is 545 g/mol. The first kappa shape index (κ1) is 26.2. The molecule has 0 N–H and O–H groups in total. The zero-order valence-corrected chi connectivity index (χ0v) is 20.6. The van der Waals surface area contributed by atoms with E-state index in [1.165, 1.54) is 25.3 Å². The van der Waals surface area contributed by atoms with Crippen LogP contribution in [0.3, 0.4) is 0 Å². The molecule has 12 heteroatoms. The van der Waals surface area contributed by atoms with E-state index in [0.29, 0.717) is 43.2 Å². The van der Waals surface area contributed by atoms with Crippen LogP contribution in [0.15, 0.2) is 42.5 Å². The molecular weight excluding hydrogens is 523 g/mol. The summed E-state index contributed by atoms with van der Waals surface area (Å²) in [4.78, 5) is 16.0. The predicted octanol–water partition coefficient (Wildman–Crippen LogP) is 5.41. The third-order valence-corrected chi connectivity index (χ3v) is 6.73. The molecule has 1 unspecified atom stereocenters. The van der Waals surface area contributed by atoms with Crippen LogP contribution in [0, 0.1) is 5.82 Å². The highest BCUT2D eigenvalue weighted by molar-refractivity contribution is 6.34. The summed E-state index contributed by atoms with van der Waals surface area (Å²) in [6, 6.07) is 9.73. The van der Waals surface area contributed by atoms with Crippen molar-refractivity contribution >= 4 is 35.2 Å². The fourth-order valence-corrected chi connectivity index (χ4v) is 4.79. The van der Waals surface area contributed by atoms with Crippen LogP contribution in [0.4, 0.5) is 23.2 Å². The zero-order valence-electron chi connectivity index (χ0n) is 19.1. The first-order chi connectivity index (χ1) is 17.1. The highest BCUT2D eigenvalue weighted by Gasteiger charge is 2.39. The Balaban J connectivity index is 1.56. The number of carbonyl (C=O) groups is 1. The van der Waals surface area contributed by atoms with Gasteiger partial charge in [-0.1, -0.05) is 35.3 Å². The van der Waals surface area contributed by atoms with Crippen LogP contribution in [-0.2, 0) is 17.5 Å². The van der Waals surface area contributed by atoms with Crippen molar-refractivity contribution in [1.29, 1.82) is 0 Å². The van der Waals surface area contributed by atoms with Crippen molar-refractivity contribution in [2.45, 2.75) is 18.8 Å². The van der Waals surface area contributed by atoms with E-state index >= 15 is 0 Å². The summed E-state index contributed by atoms with van der Waals surface area (Å²) < 4.78 is 60.8. The number of benzene rings is 2. The number of methoxy groups -OCH3 is 1. The molecule has 1 atom stereocenters. The number of nitrogens with zero attached hydrogens (tertiary/aromatic N) is 4. The smallest absolute Gasteiger partial charge is 0.436 e. The van der Waals surface area contributed by atoms with Crippen LogP contribution >= 0.6 is 23.2 Å². The lowest BCUT2D eigenvalue weighted by molar-refractivity contribution is -0.141. The lowest BCUT2D eigenvalue weighted by atomic mass is 10.1. The Labute approximate surface area is 214 Å². The van der Waals surface area contributed by atoms with Gasteiger partial charge in [0.15, 0.2) is 5.69 Å². The standard InChI is InChI=1S/C24H22Cl2F4N4O2/c1-36-20-12-17(5-6-19(20)25)32-7-9-33(10-8-32)18(14-35)13-34-22(15-3-2-4-16(27)11-15)21(26)23(31-34)24(28,29)30/h2-6,11-12,14,18H,7-10,13H2,1H3. The van der Waals surface area contributed by atoms with Crippen molar-refractivity contribution in [2.24, 2.45) is 0 Å². The molecule has 2 heterocycles. The van der Waals surface area contributed by atoms with Crippen LogP contribution in [-0.4, -0.2) is 60.3 Å². The first-order valence-electron chi connectivity index (χ1n) is 11.0. The van der Waals surface area contributed by atoms with E-state index in [0.717, 1.165) is 16.4 Å². The van der Waals surface area contributed by atoms with Gasteiger partial charge in [-0.15, -0.1) is 0 Å². The maximum atomic E-state index is 13.8. The van der Waals surface area contributed by atoms with Gasteiger partial charge in [0.05, 0.1) is 35.4 Å². The van der Waals surface area contributed by atoms with Gasteiger partial charge in [0.25, 0.3) is 0 Å². The Hall–Kier alpha value is -2.82. The molecule has 4 rings (SSSR count). The Bertz CT molecular complexity index is 1240. The molecule has 0 amide bonds. The number of piperazine rings is 1. The highest BCUT2D eigenvalue weighted by atomic mass is 35.5. The summed E-state index contributed by atoms with van der Waals surface area (Å²) in [6.45, 7) is 1.91. The van der Waals surface area contributed by atoms with Gasteiger partial charge in [-0.2, -0.15) is 18.3 Å². The second kappa shape index (κ2) is 10.7. The maximum absolute atomic E-state index is 13.8. The van der Waals surface area contributed by atoms with Crippen LogP contribution < -0.4 is 9.64 Å². The number of carbonyl (C=O) groups excluding carboxylic acids is 1. The van der Waals surface area contributed by atoms with Gasteiger partial charge < -0.3 is 14.4 Å². The molecule has 0 saturated carbocycles. The molecule has 2 aromatic carbocycles. The van der Waals surface area contributed by atoms with Crippen molar-refractivity contribution in [3.05, 3.63) is 64.0 Å². The summed E-state index contributed by atoms with van der Waals surface area (Å²) in [5.41, 5.74) is -0.341. The summed E-state index contributed by atoms with van der Waals surface area (Å²) in [6.07, 6.45) is -4.13. The number of anilines is 1. The molecule has 1 saturated heterocycles. The van der Waals surface area contributed by atoms with Crippen molar-refractivity contribution < 1.29 is 27.1 Å². The number of ether oxygens (including phenoxy) is 1. The first-order valence-corrected chi connectivity index (χ1v) is 11.7. The van der Waals surface area contributed by atoms with Gasteiger partial charge >= 0.3 is 6.18 Å². The number of halogens is 6. The van der Waals surface area contributed by atoms with Gasteiger partial charge in [0.2, 0.25) is 0 Å². The number of aromatic nitrogens is 2. The zero-order chi connectivity index (χ0) is 26.0. The SMILES string of the molecule is COc1cc(N2CCN(C(C=O)Cn3nc(C(F)(F)F)c(Cl)c3-c3cccc(F)c3)CC2)ccc1Cl. The molecule has 1 fully saturated rings. The Kier molecular flexibility index (Phi) is 7.77. The number of alkyl halides is 3. The van der Waals surface area contributed by atoms with Crippen molar-refractivity contribution in [1.82, 2.24) is 14.7 Å². The molecule has 6 nitrogen and oxygen atoms in total. The van der Waals surface area contributed by atoms with E-state index in [-0.39, 0.29) is 17.8 Å². The second-order valence-corrected chi connectivity index (χ2v) is 9.03. The number of hydrogen-bond donors (Lipinski definition) is 0.